The number of hydrogen-bond donors (Lipinski definition) is 1. The third kappa shape index (κ3) is 3.26. The van der Waals surface area contributed by atoms with Gasteiger partial charge in [-0.1, -0.05) is 6.92 Å². The molecular weight excluding hydrogens is 356 g/mol. The quantitative estimate of drug-likeness (QED) is 0.854. The zero-order chi connectivity index (χ0) is 19.7. The number of aliphatic hydroxyl groups excluding tert-OH is 1. The minimum absolute atomic E-state index is 0.0133. The van der Waals surface area contributed by atoms with Crippen molar-refractivity contribution in [2.24, 2.45) is 12.5 Å². The first-order valence-corrected chi connectivity index (χ1v) is 10.0. The second-order valence-corrected chi connectivity index (χ2v) is 7.97. The van der Waals surface area contributed by atoms with Gasteiger partial charge in [-0.3, -0.25) is 9.48 Å². The molecule has 4 rings (SSSR count). The molecule has 2 fully saturated rings. The molecule has 0 unspecified atom stereocenters. The predicted molar refractivity (Wildman–Crippen MR) is 105 cm³/mol. The van der Waals surface area contributed by atoms with E-state index in [1.807, 2.05) is 18.0 Å². The van der Waals surface area contributed by atoms with Crippen LogP contribution in [0.1, 0.15) is 42.2 Å². The molecule has 1 N–H and O–H groups in total. The highest BCUT2D eigenvalue weighted by molar-refractivity contribution is 5.94. The van der Waals surface area contributed by atoms with Crippen molar-refractivity contribution in [1.82, 2.24) is 24.6 Å². The number of aliphatic hydroxyl groups is 1. The van der Waals surface area contributed by atoms with E-state index in [1.54, 1.807) is 23.4 Å². The summed E-state index contributed by atoms with van der Waals surface area (Å²) in [5.41, 5.74) is 1.30. The summed E-state index contributed by atoms with van der Waals surface area (Å²) in [6.07, 6.45) is 8.49. The van der Waals surface area contributed by atoms with Crippen molar-refractivity contribution < 1.29 is 9.90 Å². The summed E-state index contributed by atoms with van der Waals surface area (Å²) in [6, 6.07) is 2.06. The number of amides is 1. The van der Waals surface area contributed by atoms with Crippen LogP contribution in [-0.4, -0.2) is 67.9 Å². The van der Waals surface area contributed by atoms with Crippen LogP contribution in [0.5, 0.6) is 0 Å². The number of carbonyl (C=O) groups excluding carboxylic acids is 1. The van der Waals surface area contributed by atoms with E-state index in [4.69, 9.17) is 0 Å². The first-order chi connectivity index (χ1) is 13.6. The van der Waals surface area contributed by atoms with Crippen LogP contribution in [0.25, 0.3) is 0 Å². The van der Waals surface area contributed by atoms with E-state index >= 15 is 0 Å². The summed E-state index contributed by atoms with van der Waals surface area (Å²) in [5, 5.41) is 14.5. The molecule has 2 aliphatic rings. The Morgan fingerprint density at radius 3 is 2.93 bits per heavy atom. The van der Waals surface area contributed by atoms with Gasteiger partial charge in [-0.15, -0.1) is 0 Å². The van der Waals surface area contributed by atoms with Crippen molar-refractivity contribution in [1.29, 1.82) is 0 Å². The molecular formula is C20H28N6O2. The van der Waals surface area contributed by atoms with Crippen molar-refractivity contribution in [2.45, 2.75) is 38.6 Å². The van der Waals surface area contributed by atoms with Gasteiger partial charge in [-0.25, -0.2) is 9.97 Å². The number of aryl methyl sites for hydroxylation is 2. The predicted octanol–water partition coefficient (Wildman–Crippen LogP) is 1.27. The van der Waals surface area contributed by atoms with Gasteiger partial charge in [0.2, 0.25) is 0 Å². The van der Waals surface area contributed by atoms with E-state index in [0.717, 1.165) is 50.3 Å². The van der Waals surface area contributed by atoms with Crippen LogP contribution in [-0.2, 0) is 13.5 Å². The summed E-state index contributed by atoms with van der Waals surface area (Å²) in [4.78, 5) is 26.1. The van der Waals surface area contributed by atoms with Crippen molar-refractivity contribution >= 4 is 11.7 Å². The Morgan fingerprint density at radius 2 is 2.21 bits per heavy atom. The van der Waals surface area contributed by atoms with Crippen LogP contribution in [0.2, 0.25) is 0 Å². The summed E-state index contributed by atoms with van der Waals surface area (Å²) in [5.74, 6) is 0.924. The highest BCUT2D eigenvalue weighted by Gasteiger charge is 2.49. The van der Waals surface area contributed by atoms with Gasteiger partial charge < -0.3 is 14.9 Å². The molecule has 0 aliphatic carbocycles. The standard InChI is InChI=1S/C20H28N6O2/c1-3-16-9-18(22-14-21-16)25-8-5-17-20(12-25,13-27)6-4-7-26(17)19(28)15-10-23-24(2)11-15/h9-11,14,17,27H,3-8,12-13H2,1-2H3/t17-,20-/m1/s1. The fourth-order valence-corrected chi connectivity index (χ4v) is 4.76. The molecule has 0 spiro atoms. The zero-order valence-electron chi connectivity index (χ0n) is 16.6. The minimum Gasteiger partial charge on any atom is -0.396 e. The lowest BCUT2D eigenvalue weighted by Gasteiger charge is -2.54. The average Bonchev–Trinajstić information content (AvgIpc) is 3.18. The molecule has 0 aromatic carbocycles. The summed E-state index contributed by atoms with van der Waals surface area (Å²) < 4.78 is 1.65. The first-order valence-electron chi connectivity index (χ1n) is 10.0. The van der Waals surface area contributed by atoms with Gasteiger partial charge in [0.25, 0.3) is 5.91 Å². The Bertz CT molecular complexity index is 853. The molecule has 0 saturated carbocycles. The summed E-state index contributed by atoms with van der Waals surface area (Å²) in [7, 11) is 1.82. The van der Waals surface area contributed by atoms with E-state index in [0.29, 0.717) is 12.1 Å². The second-order valence-electron chi connectivity index (χ2n) is 7.97. The third-order valence-corrected chi connectivity index (χ3v) is 6.26. The maximum atomic E-state index is 13.1. The zero-order valence-corrected chi connectivity index (χ0v) is 16.6. The monoisotopic (exact) mass is 384 g/mol. The maximum absolute atomic E-state index is 13.1. The van der Waals surface area contributed by atoms with Crippen LogP contribution in [0, 0.1) is 5.41 Å². The molecule has 0 bridgehead atoms. The minimum atomic E-state index is -0.328. The highest BCUT2D eigenvalue weighted by atomic mass is 16.3. The van der Waals surface area contributed by atoms with E-state index in [9.17, 15) is 9.90 Å². The van der Waals surface area contributed by atoms with E-state index < -0.39 is 0 Å². The van der Waals surface area contributed by atoms with Crippen molar-refractivity contribution in [2.75, 3.05) is 31.1 Å². The topological polar surface area (TPSA) is 87.4 Å². The normalized spacial score (nSPS) is 24.9. The Hall–Kier alpha value is -2.48. The van der Waals surface area contributed by atoms with Crippen LogP contribution in [0.3, 0.4) is 0 Å². The molecule has 4 heterocycles. The molecule has 2 saturated heterocycles. The Labute approximate surface area is 165 Å². The van der Waals surface area contributed by atoms with Gasteiger partial charge in [0.1, 0.15) is 12.1 Å². The largest absolute Gasteiger partial charge is 0.396 e. The van der Waals surface area contributed by atoms with Gasteiger partial charge in [0, 0.05) is 56.1 Å². The van der Waals surface area contributed by atoms with Gasteiger partial charge in [0.15, 0.2) is 0 Å². The number of anilines is 1. The molecule has 1 amide bonds. The lowest BCUT2D eigenvalue weighted by Crippen LogP contribution is -2.63. The maximum Gasteiger partial charge on any atom is 0.257 e. The van der Waals surface area contributed by atoms with Gasteiger partial charge in [0.05, 0.1) is 18.4 Å². The van der Waals surface area contributed by atoms with Gasteiger partial charge in [-0.2, -0.15) is 5.10 Å². The van der Waals surface area contributed by atoms with E-state index in [1.165, 1.54) is 0 Å². The number of rotatable bonds is 4. The number of hydrogen-bond acceptors (Lipinski definition) is 6. The lowest BCUT2D eigenvalue weighted by molar-refractivity contribution is -0.0259. The number of piperidine rings is 2. The van der Waals surface area contributed by atoms with Crippen molar-refractivity contribution in [3.8, 4) is 0 Å². The average molecular weight is 384 g/mol. The number of carbonyl (C=O) groups is 1. The molecule has 2 aromatic heterocycles. The first kappa shape index (κ1) is 18.9. The number of nitrogens with zero attached hydrogens (tertiary/aromatic N) is 6. The van der Waals surface area contributed by atoms with Crippen molar-refractivity contribution in [3.05, 3.63) is 36.0 Å². The fourth-order valence-electron chi connectivity index (χ4n) is 4.76. The lowest BCUT2D eigenvalue weighted by atomic mass is 9.69. The molecule has 2 aliphatic heterocycles. The third-order valence-electron chi connectivity index (χ3n) is 6.26. The second kappa shape index (κ2) is 7.50. The molecule has 0 radical (unpaired) electrons. The molecule has 150 valence electrons. The Kier molecular flexibility index (Phi) is 5.05. The smallest absolute Gasteiger partial charge is 0.257 e. The molecule has 8 heteroatoms. The van der Waals surface area contributed by atoms with E-state index in [2.05, 4.69) is 26.9 Å². The summed E-state index contributed by atoms with van der Waals surface area (Å²) in [6.45, 7) is 4.38. The molecule has 28 heavy (non-hydrogen) atoms. The van der Waals surface area contributed by atoms with E-state index in [-0.39, 0.29) is 24.0 Å². The highest BCUT2D eigenvalue weighted by Crippen LogP contribution is 2.42. The molecule has 2 aromatic rings. The Morgan fingerprint density at radius 1 is 1.36 bits per heavy atom. The summed E-state index contributed by atoms with van der Waals surface area (Å²) >= 11 is 0. The number of likely N-dealkylation sites (tertiary alicyclic amines) is 1. The SMILES string of the molecule is CCc1cc(N2CC[C@H]3N(C(=O)c4cnn(C)c4)CCC[C@]3(CO)C2)ncn1. The van der Waals surface area contributed by atoms with Crippen LogP contribution in [0.15, 0.2) is 24.8 Å². The number of fused-ring (bicyclic) bond motifs is 1. The van der Waals surface area contributed by atoms with Gasteiger partial charge in [-0.05, 0) is 25.7 Å². The van der Waals surface area contributed by atoms with Crippen molar-refractivity contribution in [3.63, 3.8) is 0 Å². The molecule has 8 nitrogen and oxygen atoms in total. The van der Waals surface area contributed by atoms with Crippen LogP contribution >= 0.6 is 0 Å². The molecule has 2 atom stereocenters. The number of aromatic nitrogens is 4. The van der Waals surface area contributed by atoms with Crippen LogP contribution < -0.4 is 4.90 Å². The van der Waals surface area contributed by atoms with Gasteiger partial charge >= 0.3 is 0 Å². The fraction of sp³-hybridized carbons (Fsp3) is 0.600. The Balaban J connectivity index is 1.59. The van der Waals surface area contributed by atoms with Crippen LogP contribution in [0.4, 0.5) is 5.82 Å².